The summed E-state index contributed by atoms with van der Waals surface area (Å²) in [4.78, 5) is 8.12. The van der Waals surface area contributed by atoms with Crippen LogP contribution in [0.4, 0.5) is 0 Å². The number of pyridine rings is 2. The largest absolute Gasteiger partial charge is 0.394 e. The molecule has 0 saturated carbocycles. The molecule has 42 heavy (non-hydrogen) atoms. The predicted molar refractivity (Wildman–Crippen MR) is 154 cm³/mol. The third-order valence-electron chi connectivity index (χ3n) is 6.93. The van der Waals surface area contributed by atoms with Gasteiger partial charge in [-0.1, -0.05) is 69.6 Å². The number of nitrogens with zero attached hydrogens (tertiary/aromatic N) is 4. The Hall–Kier alpha value is -1.20. The molecule has 228 valence electrons. The van der Waals surface area contributed by atoms with Crippen molar-refractivity contribution in [2.75, 3.05) is 13.2 Å². The normalized spacial score (nSPS) is 29.4. The van der Waals surface area contributed by atoms with Crippen molar-refractivity contribution >= 4 is 80.9 Å². The number of aliphatic hydroxyl groups is 6. The monoisotopic (exact) mass is 704 g/mol. The molecule has 18 heteroatoms. The van der Waals surface area contributed by atoms with Crippen molar-refractivity contribution < 1.29 is 40.1 Å². The van der Waals surface area contributed by atoms with Gasteiger partial charge in [-0.3, -0.25) is 8.80 Å². The minimum atomic E-state index is -1.26. The molecule has 0 aromatic carbocycles. The second kappa shape index (κ2) is 12.7. The Bertz CT molecular complexity index is 1620. The molecule has 0 bridgehead atoms. The lowest BCUT2D eigenvalue weighted by molar-refractivity contribution is -0.0242. The van der Waals surface area contributed by atoms with Crippen LogP contribution in [0.3, 0.4) is 0 Å². The number of imidazole rings is 2. The van der Waals surface area contributed by atoms with Crippen LogP contribution in [-0.4, -0.2) is 99.2 Å². The molecule has 6 rings (SSSR count). The van der Waals surface area contributed by atoms with E-state index < -0.39 is 62.0 Å². The zero-order chi connectivity index (χ0) is 30.6. The Morgan fingerprint density at radius 3 is 1.79 bits per heavy atom. The Morgan fingerprint density at radius 2 is 1.19 bits per heavy atom. The number of aromatic nitrogens is 4. The van der Waals surface area contributed by atoms with E-state index in [-0.39, 0.29) is 30.4 Å². The highest BCUT2D eigenvalue weighted by Gasteiger charge is 2.46. The number of ether oxygens (including phenoxy) is 2. The molecule has 4 aromatic heterocycles. The lowest BCUT2D eigenvalue weighted by atomic mass is 10.1. The Balaban J connectivity index is 0.000000168. The standard InChI is InChI=1S/2C12H11Cl3N2O4/c13-4-1-7-16-6(14)2-17(7)9(8(4)15)12-11(20)10(19)5(3-18)21-12;13-4-1-5(11-10(20)9(19)6(3-18)21-11)17-2-7(14)16-12(17)8(4)15/h1-2,5,10-12,18-20H,3H2;1-2,6,9-11,18-20H,3H2/t5-,10-,11-,12?;6-,9-,10-,11?/m11/s1. The number of aliphatic hydroxyl groups excluding tert-OH is 6. The van der Waals surface area contributed by atoms with Gasteiger partial charge in [0.25, 0.3) is 0 Å². The molecule has 2 fully saturated rings. The molecule has 2 saturated heterocycles. The third kappa shape index (κ3) is 5.68. The van der Waals surface area contributed by atoms with Crippen LogP contribution in [0.5, 0.6) is 0 Å². The Labute approximate surface area is 267 Å². The zero-order valence-electron chi connectivity index (χ0n) is 20.9. The summed E-state index contributed by atoms with van der Waals surface area (Å²) in [6, 6.07) is 3.04. The quantitative estimate of drug-likeness (QED) is 0.185. The van der Waals surface area contributed by atoms with Gasteiger partial charge in [-0.2, -0.15) is 0 Å². The Morgan fingerprint density at radius 1 is 0.667 bits per heavy atom. The van der Waals surface area contributed by atoms with Crippen LogP contribution < -0.4 is 0 Å². The number of rotatable bonds is 4. The van der Waals surface area contributed by atoms with Crippen LogP contribution in [0.15, 0.2) is 24.5 Å². The minimum Gasteiger partial charge on any atom is -0.394 e. The molecular weight excluding hydrogens is 685 g/mol. The molecule has 4 aromatic rings. The highest BCUT2D eigenvalue weighted by Crippen LogP contribution is 2.41. The first kappa shape index (κ1) is 32.2. The van der Waals surface area contributed by atoms with Gasteiger partial charge in [0, 0.05) is 18.5 Å². The highest BCUT2D eigenvalue weighted by molar-refractivity contribution is 6.44. The van der Waals surface area contributed by atoms with E-state index in [1.165, 1.54) is 33.3 Å². The third-order valence-corrected chi connectivity index (χ3v) is 8.86. The molecule has 12 nitrogen and oxygen atoms in total. The summed E-state index contributed by atoms with van der Waals surface area (Å²) >= 11 is 36.2. The van der Waals surface area contributed by atoms with Crippen LogP contribution >= 0.6 is 69.6 Å². The van der Waals surface area contributed by atoms with Gasteiger partial charge in [-0.15, -0.1) is 0 Å². The van der Waals surface area contributed by atoms with Crippen molar-refractivity contribution in [2.45, 2.75) is 48.8 Å². The van der Waals surface area contributed by atoms with Crippen LogP contribution in [0.2, 0.25) is 30.4 Å². The molecular formula is C24H22Cl6N4O8. The Kier molecular flexibility index (Phi) is 9.70. The summed E-state index contributed by atoms with van der Waals surface area (Å²) in [5, 5.41) is 59.5. The number of hydrogen-bond acceptors (Lipinski definition) is 10. The van der Waals surface area contributed by atoms with Crippen LogP contribution in [0, 0.1) is 0 Å². The molecule has 6 heterocycles. The molecule has 0 aliphatic carbocycles. The van der Waals surface area contributed by atoms with Crippen molar-refractivity contribution in [3.8, 4) is 0 Å². The minimum absolute atomic E-state index is 0.160. The van der Waals surface area contributed by atoms with Gasteiger partial charge in [-0.25, -0.2) is 9.97 Å². The molecule has 2 unspecified atom stereocenters. The van der Waals surface area contributed by atoms with E-state index in [4.69, 9.17) is 89.3 Å². The van der Waals surface area contributed by atoms with Crippen molar-refractivity contribution in [1.29, 1.82) is 0 Å². The molecule has 0 radical (unpaired) electrons. The van der Waals surface area contributed by atoms with E-state index in [1.807, 2.05) is 0 Å². The summed E-state index contributed by atoms with van der Waals surface area (Å²) < 4.78 is 14.1. The summed E-state index contributed by atoms with van der Waals surface area (Å²) in [5.41, 5.74) is 1.51. The fraction of sp³-hybridized carbons (Fsp3) is 0.417. The van der Waals surface area contributed by atoms with Crippen molar-refractivity contribution in [3.05, 3.63) is 66.3 Å². The fourth-order valence-corrected chi connectivity index (χ4v) is 6.08. The average Bonchev–Trinajstić information content (AvgIpc) is 3.68. The van der Waals surface area contributed by atoms with Crippen molar-refractivity contribution in [1.82, 2.24) is 18.8 Å². The molecule has 6 N–H and O–H groups in total. The zero-order valence-corrected chi connectivity index (χ0v) is 25.4. The molecule has 2 aliphatic rings. The summed E-state index contributed by atoms with van der Waals surface area (Å²) in [7, 11) is 0. The number of hydrogen-bond donors (Lipinski definition) is 6. The molecule has 2 aliphatic heterocycles. The first-order valence-electron chi connectivity index (χ1n) is 12.2. The molecule has 8 atom stereocenters. The van der Waals surface area contributed by atoms with E-state index in [0.29, 0.717) is 22.7 Å². The van der Waals surface area contributed by atoms with Gasteiger partial charge in [0.2, 0.25) is 0 Å². The van der Waals surface area contributed by atoms with Crippen LogP contribution in [0.1, 0.15) is 23.6 Å². The summed E-state index contributed by atoms with van der Waals surface area (Å²) in [5.74, 6) is 0. The van der Waals surface area contributed by atoms with E-state index in [0.717, 1.165) is 0 Å². The predicted octanol–water partition coefficient (Wildman–Crippen LogP) is 2.90. The van der Waals surface area contributed by atoms with Gasteiger partial charge in [0.1, 0.15) is 69.8 Å². The van der Waals surface area contributed by atoms with Crippen LogP contribution in [0.25, 0.3) is 11.3 Å². The summed E-state index contributed by atoms with van der Waals surface area (Å²) in [6.07, 6.45) is -5.55. The smallest absolute Gasteiger partial charge is 0.159 e. The number of halogens is 6. The molecule has 0 amide bonds. The van der Waals surface area contributed by atoms with Gasteiger partial charge >= 0.3 is 0 Å². The average molecular weight is 707 g/mol. The second-order valence-corrected chi connectivity index (χ2v) is 11.8. The van der Waals surface area contributed by atoms with Gasteiger partial charge in [0.15, 0.2) is 5.65 Å². The first-order valence-corrected chi connectivity index (χ1v) is 14.4. The van der Waals surface area contributed by atoms with Gasteiger partial charge in [-0.05, 0) is 6.07 Å². The maximum atomic E-state index is 10.1. The number of fused-ring (bicyclic) bond motifs is 2. The lowest BCUT2D eigenvalue weighted by Crippen LogP contribution is -2.32. The highest BCUT2D eigenvalue weighted by atomic mass is 35.5. The van der Waals surface area contributed by atoms with E-state index in [2.05, 4.69) is 9.97 Å². The van der Waals surface area contributed by atoms with E-state index in [1.54, 1.807) is 0 Å². The van der Waals surface area contributed by atoms with Crippen LogP contribution in [-0.2, 0) is 9.47 Å². The summed E-state index contributed by atoms with van der Waals surface area (Å²) in [6.45, 7) is -0.843. The maximum absolute atomic E-state index is 10.1. The van der Waals surface area contributed by atoms with Crippen molar-refractivity contribution in [2.24, 2.45) is 0 Å². The maximum Gasteiger partial charge on any atom is 0.159 e. The van der Waals surface area contributed by atoms with E-state index >= 15 is 0 Å². The van der Waals surface area contributed by atoms with Gasteiger partial charge in [0.05, 0.1) is 39.7 Å². The van der Waals surface area contributed by atoms with Crippen molar-refractivity contribution in [3.63, 3.8) is 0 Å². The molecule has 0 spiro atoms. The SMILES string of the molecule is OC[C@H]1OC(c2c(Cl)c(Cl)cc3nc(Cl)cn23)[C@H](O)[C@@H]1O.OC[C@H]1OC(c2cc(Cl)c(Cl)c3nc(Cl)cn23)[C@H](O)[C@@H]1O. The first-order chi connectivity index (χ1) is 19.9. The van der Waals surface area contributed by atoms with Gasteiger partial charge < -0.3 is 40.1 Å². The fourth-order valence-electron chi connectivity index (χ4n) is 4.89. The lowest BCUT2D eigenvalue weighted by Gasteiger charge is -2.18. The second-order valence-electron chi connectivity index (χ2n) is 9.49. The van der Waals surface area contributed by atoms with E-state index in [9.17, 15) is 20.4 Å². The topological polar surface area (TPSA) is 174 Å².